The minimum atomic E-state index is 0.427. The number of benzene rings is 2. The largest absolute Gasteiger partial charge is 0.456 e. The molecule has 0 saturated carbocycles. The quantitative estimate of drug-likeness (QED) is 0.348. The minimum Gasteiger partial charge on any atom is -0.456 e. The van der Waals surface area contributed by atoms with Crippen LogP contribution in [0.3, 0.4) is 0 Å². The number of pyridine rings is 1. The molecule has 5 rings (SSSR count). The van der Waals surface area contributed by atoms with Gasteiger partial charge in [-0.25, -0.2) is 0 Å². The number of fused-ring (bicyclic) bond motifs is 1. The summed E-state index contributed by atoms with van der Waals surface area (Å²) in [5.74, 6) is 0.663. The van der Waals surface area contributed by atoms with E-state index in [0.29, 0.717) is 22.0 Å². The Balaban J connectivity index is 1.51. The summed E-state index contributed by atoms with van der Waals surface area (Å²) in [6.45, 7) is 5.29. The summed E-state index contributed by atoms with van der Waals surface area (Å²) in [6.07, 6.45) is 7.16. The van der Waals surface area contributed by atoms with Crippen LogP contribution in [0.25, 0.3) is 22.3 Å². The van der Waals surface area contributed by atoms with E-state index in [9.17, 15) is 5.26 Å². The van der Waals surface area contributed by atoms with Crippen LogP contribution >= 0.6 is 11.6 Å². The molecule has 1 aliphatic rings. The Morgan fingerprint density at radius 1 is 1.09 bits per heavy atom. The first-order valence-electron chi connectivity index (χ1n) is 11.3. The van der Waals surface area contributed by atoms with E-state index < -0.39 is 0 Å². The first kappa shape index (κ1) is 21.5. The molecule has 1 aliphatic heterocycles. The number of rotatable bonds is 5. The third-order valence-corrected chi connectivity index (χ3v) is 6.48. The van der Waals surface area contributed by atoms with Crippen LogP contribution in [0.4, 0.5) is 11.4 Å². The molecule has 2 aromatic carbocycles. The van der Waals surface area contributed by atoms with Gasteiger partial charge in [0.25, 0.3) is 0 Å². The standard InChI is InChI=1S/C27H25ClN4O/c1-18-5-7-23(28)24(11-18)31-27-21(14-29)15-30-16-22(27)26-13-20-12-19(6-8-25(20)33-26)17-32-9-3-2-4-10-32/h5-8,11-13,15-16H,2-4,9-10,17H2,1H3,(H,30,31). The summed E-state index contributed by atoms with van der Waals surface area (Å²) in [4.78, 5) is 6.79. The topological polar surface area (TPSA) is 65.1 Å². The van der Waals surface area contributed by atoms with Crippen LogP contribution in [0.5, 0.6) is 0 Å². The Bertz CT molecular complexity index is 1350. The Hall–Kier alpha value is -3.33. The van der Waals surface area contributed by atoms with Gasteiger partial charge in [0.1, 0.15) is 17.4 Å². The highest BCUT2D eigenvalue weighted by atomic mass is 35.5. The molecule has 0 aliphatic carbocycles. The molecule has 0 radical (unpaired) electrons. The summed E-state index contributed by atoms with van der Waals surface area (Å²) in [5, 5.41) is 14.7. The highest BCUT2D eigenvalue weighted by Crippen LogP contribution is 2.37. The zero-order valence-electron chi connectivity index (χ0n) is 18.6. The molecule has 0 spiro atoms. The molecule has 0 atom stereocenters. The van der Waals surface area contributed by atoms with Crippen LogP contribution in [-0.4, -0.2) is 23.0 Å². The van der Waals surface area contributed by atoms with Crippen molar-refractivity contribution in [2.24, 2.45) is 0 Å². The normalized spacial score (nSPS) is 14.3. The van der Waals surface area contributed by atoms with Gasteiger partial charge in [-0.3, -0.25) is 9.88 Å². The Labute approximate surface area is 198 Å². The predicted molar refractivity (Wildman–Crippen MR) is 133 cm³/mol. The van der Waals surface area contributed by atoms with Crippen LogP contribution < -0.4 is 5.32 Å². The van der Waals surface area contributed by atoms with E-state index in [1.165, 1.54) is 24.8 Å². The van der Waals surface area contributed by atoms with Crippen molar-refractivity contribution in [1.29, 1.82) is 5.26 Å². The van der Waals surface area contributed by atoms with E-state index in [-0.39, 0.29) is 0 Å². The summed E-state index contributed by atoms with van der Waals surface area (Å²) < 4.78 is 6.19. The molecular weight excluding hydrogens is 432 g/mol. The van der Waals surface area contributed by atoms with Gasteiger partial charge in [-0.15, -0.1) is 0 Å². The minimum absolute atomic E-state index is 0.427. The average Bonchev–Trinajstić information content (AvgIpc) is 3.25. The van der Waals surface area contributed by atoms with Crippen LogP contribution in [0.2, 0.25) is 5.02 Å². The highest BCUT2D eigenvalue weighted by Gasteiger charge is 2.17. The number of nitriles is 1. The van der Waals surface area contributed by atoms with Gasteiger partial charge in [0, 0.05) is 24.3 Å². The molecule has 1 N–H and O–H groups in total. The number of anilines is 2. The van der Waals surface area contributed by atoms with Gasteiger partial charge in [-0.05, 0) is 74.3 Å². The van der Waals surface area contributed by atoms with Gasteiger partial charge >= 0.3 is 0 Å². The summed E-state index contributed by atoms with van der Waals surface area (Å²) >= 11 is 6.41. The molecule has 1 saturated heterocycles. The van der Waals surface area contributed by atoms with Gasteiger partial charge in [0.05, 0.1) is 27.5 Å². The maximum absolute atomic E-state index is 9.73. The van der Waals surface area contributed by atoms with E-state index in [1.807, 2.05) is 37.3 Å². The second-order valence-electron chi connectivity index (χ2n) is 8.65. The molecule has 0 bridgehead atoms. The van der Waals surface area contributed by atoms with Gasteiger partial charge in [0.15, 0.2) is 0 Å². The van der Waals surface area contributed by atoms with Crippen LogP contribution in [-0.2, 0) is 6.54 Å². The van der Waals surface area contributed by atoms with Crippen LogP contribution in [0.1, 0.15) is 36.0 Å². The lowest BCUT2D eigenvalue weighted by atomic mass is 10.1. The zero-order chi connectivity index (χ0) is 22.8. The van der Waals surface area contributed by atoms with Crippen LogP contribution in [0, 0.1) is 18.3 Å². The van der Waals surface area contributed by atoms with E-state index in [4.69, 9.17) is 16.0 Å². The first-order valence-corrected chi connectivity index (χ1v) is 11.6. The fraction of sp³-hybridized carbons (Fsp3) is 0.259. The van der Waals surface area contributed by atoms with Crippen molar-refractivity contribution in [2.75, 3.05) is 18.4 Å². The van der Waals surface area contributed by atoms with Crippen molar-refractivity contribution in [3.63, 3.8) is 0 Å². The molecule has 33 heavy (non-hydrogen) atoms. The number of likely N-dealkylation sites (tertiary alicyclic amines) is 1. The number of aryl methyl sites for hydroxylation is 1. The second kappa shape index (κ2) is 9.27. The monoisotopic (exact) mass is 456 g/mol. The van der Waals surface area contributed by atoms with E-state index >= 15 is 0 Å². The lowest BCUT2D eigenvalue weighted by Gasteiger charge is -2.26. The van der Waals surface area contributed by atoms with Crippen LogP contribution in [0.15, 0.2) is 59.3 Å². The number of aromatic nitrogens is 1. The molecule has 0 amide bonds. The SMILES string of the molecule is Cc1ccc(Cl)c(Nc2c(C#N)cncc2-c2cc3cc(CN4CCCCC4)ccc3o2)c1. The smallest absolute Gasteiger partial charge is 0.139 e. The third kappa shape index (κ3) is 4.59. The third-order valence-electron chi connectivity index (χ3n) is 6.15. The summed E-state index contributed by atoms with van der Waals surface area (Å²) in [7, 11) is 0. The summed E-state index contributed by atoms with van der Waals surface area (Å²) in [5.41, 5.74) is 5.69. The number of piperidine rings is 1. The lowest BCUT2D eigenvalue weighted by Crippen LogP contribution is -2.28. The van der Waals surface area contributed by atoms with E-state index in [0.717, 1.165) is 47.4 Å². The lowest BCUT2D eigenvalue weighted by molar-refractivity contribution is 0.221. The van der Waals surface area contributed by atoms with E-state index in [1.54, 1.807) is 12.4 Å². The summed E-state index contributed by atoms with van der Waals surface area (Å²) in [6, 6.07) is 16.4. The fourth-order valence-electron chi connectivity index (χ4n) is 4.44. The van der Waals surface area contributed by atoms with Crippen molar-refractivity contribution in [1.82, 2.24) is 9.88 Å². The molecule has 4 aromatic rings. The maximum Gasteiger partial charge on any atom is 0.139 e. The maximum atomic E-state index is 9.73. The van der Waals surface area contributed by atoms with Gasteiger partial charge in [-0.1, -0.05) is 30.2 Å². The number of furan rings is 1. The number of nitrogens with zero attached hydrogens (tertiary/aromatic N) is 3. The Morgan fingerprint density at radius 3 is 2.76 bits per heavy atom. The second-order valence-corrected chi connectivity index (χ2v) is 9.06. The molecular formula is C27H25ClN4O. The average molecular weight is 457 g/mol. The van der Waals surface area contributed by atoms with Crippen molar-refractivity contribution in [3.05, 3.63) is 76.6 Å². The van der Waals surface area contributed by atoms with Crippen molar-refractivity contribution in [2.45, 2.75) is 32.7 Å². The number of halogens is 1. The van der Waals surface area contributed by atoms with Crippen molar-refractivity contribution >= 4 is 33.9 Å². The van der Waals surface area contributed by atoms with Gasteiger partial charge < -0.3 is 9.73 Å². The molecule has 5 nitrogen and oxygen atoms in total. The molecule has 1 fully saturated rings. The molecule has 2 aromatic heterocycles. The number of nitrogens with one attached hydrogen (secondary N) is 1. The highest BCUT2D eigenvalue weighted by molar-refractivity contribution is 6.33. The Kier molecular flexibility index (Phi) is 6.04. The molecule has 166 valence electrons. The van der Waals surface area contributed by atoms with Gasteiger partial charge in [-0.2, -0.15) is 5.26 Å². The first-order chi connectivity index (χ1) is 16.1. The fourth-order valence-corrected chi connectivity index (χ4v) is 4.60. The number of hydrogen-bond acceptors (Lipinski definition) is 5. The zero-order valence-corrected chi connectivity index (χ0v) is 19.3. The van der Waals surface area contributed by atoms with E-state index in [2.05, 4.69) is 33.4 Å². The molecule has 3 heterocycles. The Morgan fingerprint density at radius 2 is 1.94 bits per heavy atom. The number of hydrogen-bond donors (Lipinski definition) is 1. The van der Waals surface area contributed by atoms with Gasteiger partial charge in [0.2, 0.25) is 0 Å². The van der Waals surface area contributed by atoms with Crippen molar-refractivity contribution < 1.29 is 4.42 Å². The molecule has 6 heteroatoms. The predicted octanol–water partition coefficient (Wildman–Crippen LogP) is 7.06. The van der Waals surface area contributed by atoms with Crippen molar-refractivity contribution in [3.8, 4) is 17.4 Å². The molecule has 0 unspecified atom stereocenters.